The summed E-state index contributed by atoms with van der Waals surface area (Å²) >= 11 is 0. The molecule has 0 bridgehead atoms. The molecule has 7 nitrogen and oxygen atoms in total. The maximum atomic E-state index is 12.3. The van der Waals surface area contributed by atoms with Crippen LogP contribution < -0.4 is 5.32 Å². The monoisotopic (exact) mass is 332 g/mol. The van der Waals surface area contributed by atoms with Gasteiger partial charge in [-0.1, -0.05) is 36.4 Å². The molecule has 0 saturated carbocycles. The van der Waals surface area contributed by atoms with Crippen molar-refractivity contribution in [3.05, 3.63) is 42.0 Å². The van der Waals surface area contributed by atoms with E-state index in [1.807, 2.05) is 18.2 Å². The number of hydrogen-bond donors (Lipinski definition) is 1. The van der Waals surface area contributed by atoms with E-state index in [2.05, 4.69) is 10.1 Å². The molecule has 0 aliphatic carbocycles. The van der Waals surface area contributed by atoms with Gasteiger partial charge in [0.15, 0.2) is 18.1 Å². The lowest BCUT2D eigenvalue weighted by Gasteiger charge is -2.25. The minimum Gasteiger partial charge on any atom is -0.469 e. The minimum atomic E-state index is -1.31. The standard InChI is InChI=1S/C17H20N2O5/c1-18-17(23)19(11-10-16(22)24-2)14(12-20)15(21)9-8-13-6-4-3-5-7-13/h3-9,12,14H,10-11H2,1-2H3,(H,18,23). The Hall–Kier alpha value is -2.96. The number of esters is 1. The Balaban J connectivity index is 2.89. The highest BCUT2D eigenvalue weighted by atomic mass is 16.5. The van der Waals surface area contributed by atoms with Gasteiger partial charge in [0.1, 0.15) is 0 Å². The number of urea groups is 1. The van der Waals surface area contributed by atoms with E-state index in [0.29, 0.717) is 6.29 Å². The number of nitrogens with zero attached hydrogens (tertiary/aromatic N) is 1. The topological polar surface area (TPSA) is 92.8 Å². The smallest absolute Gasteiger partial charge is 0.318 e. The minimum absolute atomic E-state index is 0.110. The van der Waals surface area contributed by atoms with E-state index in [1.165, 1.54) is 20.2 Å². The zero-order valence-corrected chi connectivity index (χ0v) is 13.6. The van der Waals surface area contributed by atoms with Gasteiger partial charge in [-0.25, -0.2) is 4.79 Å². The fraction of sp³-hybridized carbons (Fsp3) is 0.294. The van der Waals surface area contributed by atoms with E-state index in [0.717, 1.165) is 10.5 Å². The molecule has 1 unspecified atom stereocenters. The molecule has 0 saturated heterocycles. The van der Waals surface area contributed by atoms with Gasteiger partial charge in [0.05, 0.1) is 13.5 Å². The van der Waals surface area contributed by atoms with Crippen LogP contribution in [-0.4, -0.2) is 55.7 Å². The Morgan fingerprint density at radius 2 is 1.92 bits per heavy atom. The van der Waals surface area contributed by atoms with Crippen LogP contribution in [0, 0.1) is 0 Å². The van der Waals surface area contributed by atoms with Crippen LogP contribution in [0.3, 0.4) is 0 Å². The highest BCUT2D eigenvalue weighted by molar-refractivity contribution is 6.08. The third-order valence-electron chi connectivity index (χ3n) is 3.26. The number of nitrogens with one attached hydrogen (secondary N) is 1. The summed E-state index contributed by atoms with van der Waals surface area (Å²) in [6.45, 7) is -0.110. The van der Waals surface area contributed by atoms with Crippen LogP contribution >= 0.6 is 0 Å². The number of methoxy groups -OCH3 is 1. The van der Waals surface area contributed by atoms with Gasteiger partial charge in [-0.3, -0.25) is 9.59 Å². The quantitative estimate of drug-likeness (QED) is 0.332. The molecule has 0 aliphatic rings. The third kappa shape index (κ3) is 5.68. The zero-order valence-electron chi connectivity index (χ0n) is 13.6. The van der Waals surface area contributed by atoms with E-state index in [4.69, 9.17) is 0 Å². The van der Waals surface area contributed by atoms with Crippen molar-refractivity contribution >= 4 is 30.1 Å². The second kappa shape index (κ2) is 9.94. The molecule has 1 N–H and O–H groups in total. The molecule has 1 rings (SSSR count). The first-order valence-electron chi connectivity index (χ1n) is 7.31. The Kier molecular flexibility index (Phi) is 7.90. The van der Waals surface area contributed by atoms with E-state index in [9.17, 15) is 19.2 Å². The molecule has 24 heavy (non-hydrogen) atoms. The average molecular weight is 332 g/mol. The van der Waals surface area contributed by atoms with Crippen molar-refractivity contribution in [2.75, 3.05) is 20.7 Å². The molecule has 0 fully saturated rings. The SMILES string of the molecule is CNC(=O)N(CCC(=O)OC)C(C=O)C(=O)C=Cc1ccccc1. The van der Waals surface area contributed by atoms with Crippen molar-refractivity contribution in [3.8, 4) is 0 Å². The van der Waals surface area contributed by atoms with Crippen LogP contribution in [0.2, 0.25) is 0 Å². The lowest BCUT2D eigenvalue weighted by Crippen LogP contribution is -2.50. The highest BCUT2D eigenvalue weighted by Crippen LogP contribution is 2.06. The van der Waals surface area contributed by atoms with Gasteiger partial charge in [-0.2, -0.15) is 0 Å². The number of amides is 2. The Morgan fingerprint density at radius 1 is 1.25 bits per heavy atom. The normalized spacial score (nSPS) is 11.6. The lowest BCUT2D eigenvalue weighted by atomic mass is 10.1. The number of carbonyl (C=O) groups excluding carboxylic acids is 4. The Labute approximate surface area is 140 Å². The van der Waals surface area contributed by atoms with Crippen LogP contribution in [0.5, 0.6) is 0 Å². The van der Waals surface area contributed by atoms with Gasteiger partial charge in [0.2, 0.25) is 0 Å². The molecule has 0 aliphatic heterocycles. The number of ether oxygens (including phenoxy) is 1. The first-order valence-corrected chi connectivity index (χ1v) is 7.31. The van der Waals surface area contributed by atoms with E-state index < -0.39 is 23.8 Å². The maximum Gasteiger partial charge on any atom is 0.318 e. The van der Waals surface area contributed by atoms with Gasteiger partial charge in [0.25, 0.3) is 0 Å². The molecule has 1 aromatic rings. The van der Waals surface area contributed by atoms with Crippen LogP contribution in [0.25, 0.3) is 6.08 Å². The number of ketones is 1. The summed E-state index contributed by atoms with van der Waals surface area (Å²) in [7, 11) is 2.59. The largest absolute Gasteiger partial charge is 0.469 e. The molecular formula is C17H20N2O5. The van der Waals surface area contributed by atoms with Gasteiger partial charge in [-0.15, -0.1) is 0 Å². The second-order valence-electron chi connectivity index (χ2n) is 4.80. The van der Waals surface area contributed by atoms with E-state index in [1.54, 1.807) is 18.2 Å². The summed E-state index contributed by atoms with van der Waals surface area (Å²) in [5.41, 5.74) is 0.788. The summed E-state index contributed by atoms with van der Waals surface area (Å²) in [4.78, 5) is 47.8. The van der Waals surface area contributed by atoms with Crippen LogP contribution in [0.4, 0.5) is 4.79 Å². The molecule has 0 spiro atoms. The fourth-order valence-electron chi connectivity index (χ4n) is 1.96. The van der Waals surface area contributed by atoms with Crippen LogP contribution in [0.15, 0.2) is 36.4 Å². The predicted octanol–water partition coefficient (Wildman–Crippen LogP) is 1.04. The summed E-state index contributed by atoms with van der Waals surface area (Å²) in [5, 5.41) is 2.35. The molecule has 0 heterocycles. The average Bonchev–Trinajstić information content (AvgIpc) is 2.62. The van der Waals surface area contributed by atoms with Gasteiger partial charge >= 0.3 is 12.0 Å². The first kappa shape index (κ1) is 19.1. The van der Waals surface area contributed by atoms with Gasteiger partial charge in [0, 0.05) is 13.6 Å². The zero-order chi connectivity index (χ0) is 17.9. The van der Waals surface area contributed by atoms with Crippen LogP contribution in [-0.2, 0) is 19.1 Å². The van der Waals surface area contributed by atoms with Crippen molar-refractivity contribution in [2.45, 2.75) is 12.5 Å². The van der Waals surface area contributed by atoms with Gasteiger partial charge in [-0.05, 0) is 11.6 Å². The summed E-state index contributed by atoms with van der Waals surface area (Å²) in [5.74, 6) is -1.09. The molecule has 0 aromatic heterocycles. The van der Waals surface area contributed by atoms with Crippen molar-refractivity contribution in [1.29, 1.82) is 0 Å². The predicted molar refractivity (Wildman–Crippen MR) is 88.1 cm³/mol. The lowest BCUT2D eigenvalue weighted by molar-refractivity contribution is -0.141. The highest BCUT2D eigenvalue weighted by Gasteiger charge is 2.28. The second-order valence-corrected chi connectivity index (χ2v) is 4.80. The summed E-state index contributed by atoms with van der Waals surface area (Å²) in [6, 6.07) is 7.13. The molecule has 2 amide bonds. The molecule has 7 heteroatoms. The Morgan fingerprint density at radius 3 is 2.46 bits per heavy atom. The van der Waals surface area contributed by atoms with Gasteiger partial charge < -0.3 is 19.7 Å². The molecule has 0 radical (unpaired) electrons. The van der Waals surface area contributed by atoms with Crippen molar-refractivity contribution in [1.82, 2.24) is 10.2 Å². The Bertz CT molecular complexity index is 613. The van der Waals surface area contributed by atoms with Crippen LogP contribution in [0.1, 0.15) is 12.0 Å². The summed E-state index contributed by atoms with van der Waals surface area (Å²) in [6.07, 6.45) is 3.05. The molecular weight excluding hydrogens is 312 g/mol. The first-order chi connectivity index (χ1) is 11.5. The summed E-state index contributed by atoms with van der Waals surface area (Å²) < 4.78 is 4.51. The number of rotatable bonds is 8. The van der Waals surface area contributed by atoms with Crippen molar-refractivity contribution < 1.29 is 23.9 Å². The van der Waals surface area contributed by atoms with Crippen molar-refractivity contribution in [2.24, 2.45) is 0 Å². The number of aldehydes is 1. The third-order valence-corrected chi connectivity index (χ3v) is 3.26. The maximum absolute atomic E-state index is 12.3. The van der Waals surface area contributed by atoms with Crippen molar-refractivity contribution in [3.63, 3.8) is 0 Å². The molecule has 128 valence electrons. The van der Waals surface area contributed by atoms with E-state index in [-0.39, 0.29) is 13.0 Å². The molecule has 1 aromatic carbocycles. The number of carbonyl (C=O) groups is 4. The van der Waals surface area contributed by atoms with E-state index >= 15 is 0 Å². The fourth-order valence-corrected chi connectivity index (χ4v) is 1.96. The number of benzene rings is 1. The number of hydrogen-bond acceptors (Lipinski definition) is 5. The molecule has 1 atom stereocenters.